The van der Waals surface area contributed by atoms with E-state index in [0.29, 0.717) is 35.6 Å². The van der Waals surface area contributed by atoms with Crippen LogP contribution in [0.1, 0.15) is 18.9 Å². The minimum atomic E-state index is -0.394. The molecule has 1 aliphatic rings. The fourth-order valence-electron chi connectivity index (χ4n) is 2.45. The van der Waals surface area contributed by atoms with Crippen molar-refractivity contribution in [1.82, 2.24) is 14.8 Å². The van der Waals surface area contributed by atoms with Crippen LogP contribution >= 0.6 is 11.8 Å². The van der Waals surface area contributed by atoms with E-state index < -0.39 is 5.25 Å². The molecule has 2 heterocycles. The van der Waals surface area contributed by atoms with Crippen molar-refractivity contribution in [3.8, 4) is 11.5 Å². The monoisotopic (exact) mass is 361 g/mol. The molecule has 0 bridgehead atoms. The van der Waals surface area contributed by atoms with Crippen LogP contribution in [0.3, 0.4) is 0 Å². The van der Waals surface area contributed by atoms with Crippen LogP contribution in [-0.2, 0) is 16.1 Å². The number of para-hydroxylation sites is 2. The van der Waals surface area contributed by atoms with Gasteiger partial charge in [0.15, 0.2) is 28.6 Å². The number of benzene rings is 1. The molecule has 0 amide bonds. The van der Waals surface area contributed by atoms with Gasteiger partial charge in [-0.2, -0.15) is 0 Å². The van der Waals surface area contributed by atoms with E-state index in [1.807, 2.05) is 28.8 Å². The van der Waals surface area contributed by atoms with Gasteiger partial charge in [0.1, 0.15) is 11.9 Å². The molecular formula is C17H19N3O4S. The summed E-state index contributed by atoms with van der Waals surface area (Å²) in [5.74, 6) is 1.70. The highest BCUT2D eigenvalue weighted by molar-refractivity contribution is 8.00. The quantitative estimate of drug-likeness (QED) is 0.445. The molecular weight excluding hydrogens is 342 g/mol. The zero-order valence-corrected chi connectivity index (χ0v) is 14.9. The van der Waals surface area contributed by atoms with Crippen LogP contribution in [0.5, 0.6) is 11.5 Å². The SMILES string of the molecule is C=CCn1c(S[C@@H](C)C(=O)OC)nnc1[C@@H]1COc2ccccc2O1. The van der Waals surface area contributed by atoms with Gasteiger partial charge in [-0.1, -0.05) is 30.0 Å². The molecule has 1 aliphatic heterocycles. The van der Waals surface area contributed by atoms with Crippen molar-refractivity contribution in [2.75, 3.05) is 13.7 Å². The summed E-state index contributed by atoms with van der Waals surface area (Å²) >= 11 is 1.28. The summed E-state index contributed by atoms with van der Waals surface area (Å²) < 4.78 is 18.4. The Labute approximate surface area is 150 Å². The van der Waals surface area contributed by atoms with Crippen LogP contribution < -0.4 is 9.47 Å². The van der Waals surface area contributed by atoms with Crippen molar-refractivity contribution < 1.29 is 19.0 Å². The number of methoxy groups -OCH3 is 1. The van der Waals surface area contributed by atoms with Gasteiger partial charge in [0.05, 0.1) is 7.11 Å². The molecule has 7 nitrogen and oxygen atoms in total. The van der Waals surface area contributed by atoms with Crippen LogP contribution in [0, 0.1) is 0 Å². The normalized spacial score (nSPS) is 17.0. The second-order valence-corrected chi connectivity index (χ2v) is 6.70. The van der Waals surface area contributed by atoms with Crippen LogP contribution in [0.25, 0.3) is 0 Å². The minimum Gasteiger partial charge on any atom is -0.485 e. The predicted octanol–water partition coefficient (Wildman–Crippen LogP) is 2.63. The van der Waals surface area contributed by atoms with E-state index in [4.69, 9.17) is 14.2 Å². The maximum atomic E-state index is 11.7. The summed E-state index contributed by atoms with van der Waals surface area (Å²) in [4.78, 5) is 11.7. The molecule has 2 aromatic rings. The van der Waals surface area contributed by atoms with Gasteiger partial charge in [-0.3, -0.25) is 9.36 Å². The van der Waals surface area contributed by atoms with Gasteiger partial charge in [-0.05, 0) is 19.1 Å². The molecule has 132 valence electrons. The van der Waals surface area contributed by atoms with Gasteiger partial charge in [0.2, 0.25) is 0 Å². The molecule has 2 atom stereocenters. The summed E-state index contributed by atoms with van der Waals surface area (Å²) in [7, 11) is 1.37. The fourth-order valence-corrected chi connectivity index (χ4v) is 3.34. The highest BCUT2D eigenvalue weighted by atomic mass is 32.2. The van der Waals surface area contributed by atoms with E-state index in [1.165, 1.54) is 18.9 Å². The second kappa shape index (κ2) is 7.60. The van der Waals surface area contributed by atoms with E-state index in [-0.39, 0.29) is 12.1 Å². The maximum absolute atomic E-state index is 11.7. The average molecular weight is 361 g/mol. The molecule has 0 saturated carbocycles. The standard InChI is InChI=1S/C17H19N3O4S/c1-4-9-20-15(18-19-17(20)25-11(2)16(21)22-3)14-10-23-12-7-5-6-8-13(12)24-14/h4-8,11,14H,1,9-10H2,2-3H3/t11-,14-/m0/s1. The Bertz CT molecular complexity index is 777. The Morgan fingerprint density at radius 3 is 2.96 bits per heavy atom. The first kappa shape index (κ1) is 17.3. The number of esters is 1. The van der Waals surface area contributed by atoms with Crippen molar-refractivity contribution in [2.45, 2.75) is 30.0 Å². The highest BCUT2D eigenvalue weighted by Crippen LogP contribution is 2.36. The largest absolute Gasteiger partial charge is 0.485 e. The number of rotatable bonds is 6. The number of allylic oxidation sites excluding steroid dienone is 1. The van der Waals surface area contributed by atoms with Gasteiger partial charge >= 0.3 is 5.97 Å². The number of thioether (sulfide) groups is 1. The molecule has 0 aliphatic carbocycles. The first-order chi connectivity index (χ1) is 12.1. The van der Waals surface area contributed by atoms with Gasteiger partial charge in [-0.15, -0.1) is 16.8 Å². The zero-order chi connectivity index (χ0) is 17.8. The predicted molar refractivity (Wildman–Crippen MR) is 92.9 cm³/mol. The minimum absolute atomic E-state index is 0.314. The molecule has 3 rings (SSSR count). The summed E-state index contributed by atoms with van der Waals surface area (Å²) in [6, 6.07) is 7.49. The van der Waals surface area contributed by atoms with Crippen LogP contribution in [0.2, 0.25) is 0 Å². The third kappa shape index (κ3) is 3.63. The number of nitrogens with zero attached hydrogens (tertiary/aromatic N) is 3. The molecule has 8 heteroatoms. The summed E-state index contributed by atoms with van der Waals surface area (Å²) in [5, 5.41) is 8.68. The Morgan fingerprint density at radius 2 is 2.24 bits per heavy atom. The second-order valence-electron chi connectivity index (χ2n) is 5.39. The fraction of sp³-hybridized carbons (Fsp3) is 0.353. The molecule has 0 radical (unpaired) electrons. The highest BCUT2D eigenvalue weighted by Gasteiger charge is 2.29. The lowest BCUT2D eigenvalue weighted by atomic mass is 10.2. The molecule has 25 heavy (non-hydrogen) atoms. The molecule has 0 saturated heterocycles. The zero-order valence-electron chi connectivity index (χ0n) is 14.0. The molecule has 0 fully saturated rings. The molecule has 0 unspecified atom stereocenters. The lowest BCUT2D eigenvalue weighted by Crippen LogP contribution is -2.25. The van der Waals surface area contributed by atoms with Crippen molar-refractivity contribution in [1.29, 1.82) is 0 Å². The smallest absolute Gasteiger partial charge is 0.318 e. The van der Waals surface area contributed by atoms with E-state index >= 15 is 0 Å². The number of fused-ring (bicyclic) bond motifs is 1. The van der Waals surface area contributed by atoms with Gasteiger partial charge in [0, 0.05) is 6.54 Å². The maximum Gasteiger partial charge on any atom is 0.318 e. The summed E-state index contributed by atoms with van der Waals surface area (Å²) in [6.45, 7) is 6.38. The number of hydrogen-bond acceptors (Lipinski definition) is 7. The van der Waals surface area contributed by atoms with E-state index in [2.05, 4.69) is 16.8 Å². The lowest BCUT2D eigenvalue weighted by Gasteiger charge is -2.26. The van der Waals surface area contributed by atoms with Crippen LogP contribution in [0.4, 0.5) is 0 Å². The summed E-state index contributed by atoms with van der Waals surface area (Å²) in [5.41, 5.74) is 0. The van der Waals surface area contributed by atoms with Crippen LogP contribution in [0.15, 0.2) is 42.1 Å². The molecule has 1 aromatic carbocycles. The van der Waals surface area contributed by atoms with Crippen molar-refractivity contribution >= 4 is 17.7 Å². The van der Waals surface area contributed by atoms with Crippen molar-refractivity contribution in [3.63, 3.8) is 0 Å². The topological polar surface area (TPSA) is 75.5 Å². The number of ether oxygens (including phenoxy) is 3. The van der Waals surface area contributed by atoms with E-state index in [1.54, 1.807) is 13.0 Å². The third-order valence-corrected chi connectivity index (χ3v) is 4.73. The Kier molecular flexibility index (Phi) is 5.28. The molecule has 1 aromatic heterocycles. The first-order valence-corrected chi connectivity index (χ1v) is 8.69. The molecule has 0 N–H and O–H groups in total. The molecule has 0 spiro atoms. The van der Waals surface area contributed by atoms with Crippen molar-refractivity contribution in [3.05, 3.63) is 42.7 Å². The number of carbonyl (C=O) groups is 1. The van der Waals surface area contributed by atoms with E-state index in [9.17, 15) is 4.79 Å². The Balaban J connectivity index is 1.85. The van der Waals surface area contributed by atoms with Crippen molar-refractivity contribution in [2.24, 2.45) is 0 Å². The van der Waals surface area contributed by atoms with Gasteiger partial charge in [-0.25, -0.2) is 0 Å². The lowest BCUT2D eigenvalue weighted by molar-refractivity contribution is -0.139. The third-order valence-electron chi connectivity index (χ3n) is 3.67. The van der Waals surface area contributed by atoms with Gasteiger partial charge < -0.3 is 14.2 Å². The number of aromatic nitrogens is 3. The van der Waals surface area contributed by atoms with Crippen LogP contribution in [-0.4, -0.2) is 39.7 Å². The number of carbonyl (C=O) groups excluding carboxylic acids is 1. The Hall–Kier alpha value is -2.48. The number of hydrogen-bond donors (Lipinski definition) is 0. The van der Waals surface area contributed by atoms with E-state index in [0.717, 1.165) is 0 Å². The average Bonchev–Trinajstić information content (AvgIpc) is 3.03. The Morgan fingerprint density at radius 1 is 1.48 bits per heavy atom. The van der Waals surface area contributed by atoms with Gasteiger partial charge in [0.25, 0.3) is 0 Å². The summed E-state index contributed by atoms with van der Waals surface area (Å²) in [6.07, 6.45) is 1.36. The first-order valence-electron chi connectivity index (χ1n) is 7.81.